The lowest BCUT2D eigenvalue weighted by Gasteiger charge is -2.18. The Kier molecular flexibility index (Phi) is 5.55. The summed E-state index contributed by atoms with van der Waals surface area (Å²) < 4.78 is 6.18. The molecular weight excluding hydrogens is 414 g/mol. The van der Waals surface area contributed by atoms with Crippen LogP contribution in [0.25, 0.3) is 11.3 Å². The monoisotopic (exact) mass is 431 g/mol. The molecule has 0 bridgehead atoms. The molecule has 1 aliphatic heterocycles. The number of amides is 3. The van der Waals surface area contributed by atoms with E-state index in [0.29, 0.717) is 12.2 Å². The lowest BCUT2D eigenvalue weighted by atomic mass is 10.1. The van der Waals surface area contributed by atoms with Crippen molar-refractivity contribution in [2.24, 2.45) is 0 Å². The molecule has 140 valence electrons. The van der Waals surface area contributed by atoms with Gasteiger partial charge in [-0.2, -0.15) is 0 Å². The average Bonchev–Trinajstić information content (AvgIpc) is 3.06. The minimum atomic E-state index is -1.06. The first-order valence-electron chi connectivity index (χ1n) is 8.40. The van der Waals surface area contributed by atoms with E-state index in [4.69, 9.17) is 4.74 Å². The molecule has 1 unspecified atom stereocenters. The van der Waals surface area contributed by atoms with Gasteiger partial charge in [0.05, 0.1) is 17.0 Å². The number of imide groups is 1. The number of hydrogen-bond donors (Lipinski definition) is 1. The molecule has 1 atom stereocenters. The molecule has 0 aliphatic carbocycles. The molecule has 2 aromatic rings. The van der Waals surface area contributed by atoms with E-state index in [2.05, 4.69) is 26.2 Å². The number of esters is 1. The fourth-order valence-electron chi connectivity index (χ4n) is 2.76. The third-order valence-electron chi connectivity index (χ3n) is 4.18. The number of pyridine rings is 1. The molecule has 8 heteroatoms. The van der Waals surface area contributed by atoms with Crippen molar-refractivity contribution >= 4 is 33.8 Å². The summed E-state index contributed by atoms with van der Waals surface area (Å²) in [4.78, 5) is 41.8. The number of carbonyl (C=O) groups excluding carboxylic acids is 3. The zero-order valence-corrected chi connectivity index (χ0v) is 16.4. The Labute approximate surface area is 164 Å². The van der Waals surface area contributed by atoms with Gasteiger partial charge in [0.1, 0.15) is 0 Å². The Balaban J connectivity index is 1.73. The standard InChI is InChI=1S/C19H18BrN3O4/c1-11-15(6-7-16(22-11)13-4-3-5-14(20)10-13)18(25)27-12(2)17(24)23-9-8-21-19(23)26/h3-7,10,12H,8-9H2,1-2H3,(H,21,26). The minimum absolute atomic E-state index is 0.265. The van der Waals surface area contributed by atoms with Crippen LogP contribution in [0.5, 0.6) is 0 Å². The molecular formula is C19H18BrN3O4. The van der Waals surface area contributed by atoms with E-state index in [1.165, 1.54) is 6.92 Å². The number of benzene rings is 1. The maximum absolute atomic E-state index is 12.4. The van der Waals surface area contributed by atoms with Crippen LogP contribution >= 0.6 is 15.9 Å². The van der Waals surface area contributed by atoms with E-state index < -0.39 is 24.0 Å². The van der Waals surface area contributed by atoms with Gasteiger partial charge in [-0.1, -0.05) is 28.1 Å². The van der Waals surface area contributed by atoms with Gasteiger partial charge in [-0.3, -0.25) is 14.7 Å². The highest BCUT2D eigenvalue weighted by Crippen LogP contribution is 2.23. The van der Waals surface area contributed by atoms with Gasteiger partial charge in [0.15, 0.2) is 6.10 Å². The zero-order valence-electron chi connectivity index (χ0n) is 14.9. The number of nitrogens with zero attached hydrogens (tertiary/aromatic N) is 2. The van der Waals surface area contributed by atoms with Gasteiger partial charge in [-0.15, -0.1) is 0 Å². The third-order valence-corrected chi connectivity index (χ3v) is 4.67. The first kappa shape index (κ1) is 19.0. The lowest BCUT2D eigenvalue weighted by Crippen LogP contribution is -2.41. The van der Waals surface area contributed by atoms with Crippen LogP contribution in [0, 0.1) is 6.92 Å². The number of aryl methyl sites for hydroxylation is 1. The first-order chi connectivity index (χ1) is 12.9. The van der Waals surface area contributed by atoms with Crippen LogP contribution in [0.2, 0.25) is 0 Å². The summed E-state index contributed by atoms with van der Waals surface area (Å²) in [7, 11) is 0. The molecule has 0 saturated carbocycles. The maximum atomic E-state index is 12.4. The predicted octanol–water partition coefficient (Wildman–Crippen LogP) is 2.92. The number of ether oxygens (including phenoxy) is 1. The fraction of sp³-hybridized carbons (Fsp3) is 0.263. The van der Waals surface area contributed by atoms with E-state index >= 15 is 0 Å². The lowest BCUT2D eigenvalue weighted by molar-refractivity contribution is -0.136. The maximum Gasteiger partial charge on any atom is 0.340 e. The topological polar surface area (TPSA) is 88.6 Å². The van der Waals surface area contributed by atoms with Crippen molar-refractivity contribution in [1.29, 1.82) is 0 Å². The van der Waals surface area contributed by atoms with Gasteiger partial charge in [-0.25, -0.2) is 9.59 Å². The summed E-state index contributed by atoms with van der Waals surface area (Å²) in [5, 5.41) is 2.54. The predicted molar refractivity (Wildman–Crippen MR) is 102 cm³/mol. The molecule has 1 fully saturated rings. The highest BCUT2D eigenvalue weighted by molar-refractivity contribution is 9.10. The van der Waals surface area contributed by atoms with Crippen molar-refractivity contribution in [3.8, 4) is 11.3 Å². The summed E-state index contributed by atoms with van der Waals surface area (Å²) in [6.07, 6.45) is -1.06. The summed E-state index contributed by atoms with van der Waals surface area (Å²) in [5.41, 5.74) is 2.41. The number of carbonyl (C=O) groups is 3. The molecule has 0 spiro atoms. The quantitative estimate of drug-likeness (QED) is 0.751. The van der Waals surface area contributed by atoms with E-state index in [-0.39, 0.29) is 12.1 Å². The molecule has 1 saturated heterocycles. The SMILES string of the molecule is Cc1nc(-c2cccc(Br)c2)ccc1C(=O)OC(C)C(=O)N1CCNC1=O. The molecule has 27 heavy (non-hydrogen) atoms. The minimum Gasteiger partial charge on any atom is -0.449 e. The van der Waals surface area contributed by atoms with Gasteiger partial charge >= 0.3 is 12.0 Å². The molecule has 1 N–H and O–H groups in total. The van der Waals surface area contributed by atoms with Crippen molar-refractivity contribution in [1.82, 2.24) is 15.2 Å². The summed E-state index contributed by atoms with van der Waals surface area (Å²) in [6, 6.07) is 10.6. The van der Waals surface area contributed by atoms with Crippen molar-refractivity contribution in [2.75, 3.05) is 13.1 Å². The van der Waals surface area contributed by atoms with Crippen LogP contribution in [0.3, 0.4) is 0 Å². The van der Waals surface area contributed by atoms with Crippen molar-refractivity contribution in [3.05, 3.63) is 52.1 Å². The Bertz CT molecular complexity index is 916. The number of rotatable bonds is 4. The number of urea groups is 1. The normalized spacial score (nSPS) is 14.6. The van der Waals surface area contributed by atoms with Crippen LogP contribution in [-0.2, 0) is 9.53 Å². The Hall–Kier alpha value is -2.74. The second-order valence-electron chi connectivity index (χ2n) is 6.11. The highest BCUT2D eigenvalue weighted by Gasteiger charge is 2.32. The van der Waals surface area contributed by atoms with Gasteiger partial charge < -0.3 is 10.1 Å². The largest absolute Gasteiger partial charge is 0.449 e. The molecule has 3 rings (SSSR count). The van der Waals surface area contributed by atoms with Crippen LogP contribution in [0.4, 0.5) is 4.79 Å². The van der Waals surface area contributed by atoms with E-state index in [9.17, 15) is 14.4 Å². The van der Waals surface area contributed by atoms with Crippen LogP contribution in [0.1, 0.15) is 23.0 Å². The van der Waals surface area contributed by atoms with E-state index in [0.717, 1.165) is 20.6 Å². The summed E-state index contributed by atoms with van der Waals surface area (Å²) >= 11 is 3.42. The second-order valence-corrected chi connectivity index (χ2v) is 7.02. The third kappa shape index (κ3) is 4.16. The average molecular weight is 432 g/mol. The van der Waals surface area contributed by atoms with E-state index in [1.54, 1.807) is 19.1 Å². The van der Waals surface area contributed by atoms with Crippen molar-refractivity contribution in [3.63, 3.8) is 0 Å². The van der Waals surface area contributed by atoms with Crippen molar-refractivity contribution in [2.45, 2.75) is 20.0 Å². The van der Waals surface area contributed by atoms with Crippen LogP contribution in [-0.4, -0.2) is 47.0 Å². The zero-order chi connectivity index (χ0) is 19.6. The number of halogens is 1. The Morgan fingerprint density at radius 3 is 2.70 bits per heavy atom. The molecule has 2 heterocycles. The molecule has 1 aromatic heterocycles. The van der Waals surface area contributed by atoms with Crippen molar-refractivity contribution < 1.29 is 19.1 Å². The number of hydrogen-bond acceptors (Lipinski definition) is 5. The Morgan fingerprint density at radius 1 is 1.30 bits per heavy atom. The highest BCUT2D eigenvalue weighted by atomic mass is 79.9. The second kappa shape index (κ2) is 7.87. The number of aromatic nitrogens is 1. The van der Waals surface area contributed by atoms with Gasteiger partial charge in [0.2, 0.25) is 0 Å². The molecule has 1 aliphatic rings. The van der Waals surface area contributed by atoms with Gasteiger partial charge in [0, 0.05) is 23.1 Å². The molecule has 1 aromatic carbocycles. The van der Waals surface area contributed by atoms with Crippen LogP contribution < -0.4 is 5.32 Å². The molecule has 7 nitrogen and oxygen atoms in total. The Morgan fingerprint density at radius 2 is 2.07 bits per heavy atom. The van der Waals surface area contributed by atoms with Gasteiger partial charge in [-0.05, 0) is 38.1 Å². The summed E-state index contributed by atoms with van der Waals surface area (Å²) in [6.45, 7) is 3.82. The van der Waals surface area contributed by atoms with Gasteiger partial charge in [0.25, 0.3) is 5.91 Å². The fourth-order valence-corrected chi connectivity index (χ4v) is 3.16. The first-order valence-corrected chi connectivity index (χ1v) is 9.20. The smallest absolute Gasteiger partial charge is 0.340 e. The molecule has 0 radical (unpaired) electrons. The summed E-state index contributed by atoms with van der Waals surface area (Å²) in [5.74, 6) is -1.20. The van der Waals surface area contributed by atoms with Crippen LogP contribution in [0.15, 0.2) is 40.9 Å². The van der Waals surface area contributed by atoms with E-state index in [1.807, 2.05) is 24.3 Å². The number of nitrogens with one attached hydrogen (secondary N) is 1. The molecule has 3 amide bonds.